The minimum absolute atomic E-state index is 0. The predicted molar refractivity (Wildman–Crippen MR) is 164 cm³/mol. The van der Waals surface area contributed by atoms with Gasteiger partial charge in [0.05, 0.1) is 12.0 Å². The van der Waals surface area contributed by atoms with Gasteiger partial charge >= 0.3 is 5.97 Å². The molecule has 0 amide bonds. The third-order valence-corrected chi connectivity index (χ3v) is 6.86. The number of carbonyl (C=O) groups is 2. The molecule has 0 bridgehead atoms. The zero-order chi connectivity index (χ0) is 30.2. The number of halogens is 1. The molecule has 2 atom stereocenters. The zero-order valence-corrected chi connectivity index (χ0v) is 30.9. The van der Waals surface area contributed by atoms with Gasteiger partial charge in [-0.05, 0) is 55.9 Å². The molecular weight excluding hydrogens is 743 g/mol. The number of rotatable bonds is 12. The van der Waals surface area contributed by atoms with Gasteiger partial charge in [0.15, 0.2) is 0 Å². The van der Waals surface area contributed by atoms with Crippen molar-refractivity contribution < 1.29 is 49.8 Å². The quantitative estimate of drug-likeness (QED) is 0.186. The number of benzene rings is 1. The first-order valence-corrected chi connectivity index (χ1v) is 15.0. The van der Waals surface area contributed by atoms with E-state index in [1.54, 1.807) is 0 Å². The van der Waals surface area contributed by atoms with Crippen molar-refractivity contribution in [1.82, 2.24) is 10.2 Å². The summed E-state index contributed by atoms with van der Waals surface area (Å²) in [7, 11) is 0. The molecule has 2 aliphatic heterocycles. The Kier molecular flexibility index (Phi) is 19.9. The van der Waals surface area contributed by atoms with Crippen molar-refractivity contribution in [2.24, 2.45) is 10.8 Å². The average molecular weight is 799 g/mol. The van der Waals surface area contributed by atoms with E-state index in [1.165, 1.54) is 25.3 Å². The van der Waals surface area contributed by atoms with Crippen LogP contribution in [0.25, 0.3) is 0 Å². The number of hydrogen-bond donors (Lipinski definition) is 1. The van der Waals surface area contributed by atoms with Crippen LogP contribution in [0.15, 0.2) is 30.5 Å². The fourth-order valence-corrected chi connectivity index (χ4v) is 4.94. The van der Waals surface area contributed by atoms with Crippen LogP contribution in [0.1, 0.15) is 93.4 Å². The zero-order valence-electron chi connectivity index (χ0n) is 26.7. The number of carbonyl (C=O) groups excluding carboxylic acids is 2. The number of Topliss-reactive ketones (excluding diaryl/α,β-unsaturated/α-hetero) is 1. The van der Waals surface area contributed by atoms with E-state index >= 15 is 0 Å². The molecule has 0 saturated carbocycles. The molecule has 3 rings (SSSR count). The third kappa shape index (κ3) is 16.8. The molecule has 2 aliphatic rings. The SMILES string of the molecule is CC(C)(C)C.CCCCC1(CCC)CC(CCN2CCN(c3ccc(F)cc3)CC2)OC1=O.[CH-]=CNCC(C)=O.[U]. The molecule has 1 N–H and O–H groups in total. The first kappa shape index (κ1) is 39.6. The van der Waals surface area contributed by atoms with E-state index in [4.69, 9.17) is 11.3 Å². The van der Waals surface area contributed by atoms with Gasteiger partial charge in [0, 0.05) is 75.9 Å². The molecule has 0 aromatic heterocycles. The Labute approximate surface area is 273 Å². The maximum Gasteiger partial charge on any atom is 0.312 e. The summed E-state index contributed by atoms with van der Waals surface area (Å²) >= 11 is 0. The van der Waals surface area contributed by atoms with Crippen molar-refractivity contribution in [2.45, 2.75) is 99.5 Å². The van der Waals surface area contributed by atoms with Gasteiger partial charge in [0.2, 0.25) is 0 Å². The molecule has 0 spiro atoms. The number of piperazine rings is 1. The van der Waals surface area contributed by atoms with Gasteiger partial charge in [-0.25, -0.2) is 4.39 Å². The van der Waals surface area contributed by atoms with Crippen LogP contribution in [-0.2, 0) is 14.3 Å². The molecule has 0 radical (unpaired) electrons. The van der Waals surface area contributed by atoms with E-state index in [0.29, 0.717) is 12.0 Å². The van der Waals surface area contributed by atoms with Crippen LogP contribution in [0.2, 0.25) is 0 Å². The van der Waals surface area contributed by atoms with E-state index in [1.807, 2.05) is 12.1 Å². The van der Waals surface area contributed by atoms with Crippen LogP contribution < -0.4 is 10.2 Å². The second kappa shape index (κ2) is 20.5. The summed E-state index contributed by atoms with van der Waals surface area (Å²) in [5, 5.41) is 2.55. The third-order valence-electron chi connectivity index (χ3n) is 6.86. The van der Waals surface area contributed by atoms with Crippen molar-refractivity contribution in [3.05, 3.63) is 42.9 Å². The largest absolute Gasteiger partial charge is 0.497 e. The van der Waals surface area contributed by atoms with Gasteiger partial charge in [-0.2, -0.15) is 6.20 Å². The molecule has 2 unspecified atom stereocenters. The van der Waals surface area contributed by atoms with Gasteiger partial charge < -0.3 is 21.5 Å². The molecular formula is C33H55FN3O3U-. The fourth-order valence-electron chi connectivity index (χ4n) is 4.94. The van der Waals surface area contributed by atoms with Crippen molar-refractivity contribution in [3.63, 3.8) is 0 Å². The molecule has 8 heteroatoms. The Morgan fingerprint density at radius 1 is 1.10 bits per heavy atom. The van der Waals surface area contributed by atoms with E-state index < -0.39 is 0 Å². The smallest absolute Gasteiger partial charge is 0.312 e. The number of cyclic esters (lactones) is 1. The van der Waals surface area contributed by atoms with Gasteiger partial charge in [-0.3, -0.25) is 14.5 Å². The average Bonchev–Trinajstić information content (AvgIpc) is 3.20. The van der Waals surface area contributed by atoms with Crippen LogP contribution in [0.3, 0.4) is 0 Å². The molecule has 2 fully saturated rings. The molecule has 1 aromatic rings. The number of nitrogens with one attached hydrogen (secondary N) is 1. The van der Waals surface area contributed by atoms with Crippen LogP contribution in [-0.4, -0.2) is 62.0 Å². The molecule has 6 nitrogen and oxygen atoms in total. The van der Waals surface area contributed by atoms with Gasteiger partial charge in [0.25, 0.3) is 0 Å². The Balaban J connectivity index is 0.00000104. The Morgan fingerprint density at radius 3 is 2.15 bits per heavy atom. The van der Waals surface area contributed by atoms with E-state index in [9.17, 15) is 14.0 Å². The van der Waals surface area contributed by atoms with Crippen LogP contribution in [0.4, 0.5) is 10.1 Å². The predicted octanol–water partition coefficient (Wildman–Crippen LogP) is 6.79. The standard InChI is InChI=1S/C23H35FN2O2.C5H8NO.C5H12.U/c1-3-5-12-23(11-4-2)18-21(28-22(23)27)10-13-25-14-16-26(17-15-25)20-8-6-19(24)7-9-20;1-3-6-4-5(2)7;1-5(2,3)4;/h6-9,21H,3-5,10-18H2,1-2H3;1,3,6H,4H2,2H3;1-4H3;/q;-1;;. The number of anilines is 1. The van der Waals surface area contributed by atoms with E-state index in [-0.39, 0.29) is 60.2 Å². The second-order valence-corrected chi connectivity index (χ2v) is 12.7. The summed E-state index contributed by atoms with van der Waals surface area (Å²) in [6.45, 7) is 24.7. The van der Waals surface area contributed by atoms with E-state index in [0.717, 1.165) is 83.4 Å². The van der Waals surface area contributed by atoms with Gasteiger partial charge in [-0.15, -0.1) is 0 Å². The normalized spacial score (nSPS) is 20.4. The monoisotopic (exact) mass is 798 g/mol. The number of unbranched alkanes of at least 4 members (excludes halogenated alkanes) is 1. The first-order chi connectivity index (χ1) is 18.8. The summed E-state index contributed by atoms with van der Waals surface area (Å²) in [6.07, 6.45) is 8.36. The number of ketones is 1. The van der Waals surface area contributed by atoms with Crippen LogP contribution in [0, 0.1) is 54.3 Å². The molecule has 2 heterocycles. The summed E-state index contributed by atoms with van der Waals surface area (Å²) < 4.78 is 18.9. The summed E-state index contributed by atoms with van der Waals surface area (Å²) in [5.41, 5.74) is 1.36. The summed E-state index contributed by atoms with van der Waals surface area (Å²) in [4.78, 5) is 27.4. The number of esters is 1. The van der Waals surface area contributed by atoms with Crippen LogP contribution >= 0.6 is 0 Å². The first-order valence-electron chi connectivity index (χ1n) is 15.0. The van der Waals surface area contributed by atoms with Gasteiger partial charge in [-0.1, -0.05) is 60.8 Å². The van der Waals surface area contributed by atoms with Crippen molar-refractivity contribution >= 4 is 17.4 Å². The fraction of sp³-hybridized carbons (Fsp3) is 0.697. The van der Waals surface area contributed by atoms with Crippen molar-refractivity contribution in [3.8, 4) is 0 Å². The minimum atomic E-state index is -0.225. The van der Waals surface area contributed by atoms with Crippen LogP contribution in [0.5, 0.6) is 0 Å². The number of hydrogen-bond acceptors (Lipinski definition) is 6. The minimum Gasteiger partial charge on any atom is -0.497 e. The van der Waals surface area contributed by atoms with E-state index in [2.05, 4.69) is 56.7 Å². The Morgan fingerprint density at radius 2 is 1.68 bits per heavy atom. The summed E-state index contributed by atoms with van der Waals surface area (Å²) in [6, 6.07) is 6.76. The molecule has 1 aromatic carbocycles. The maximum absolute atomic E-state index is 13.1. The molecule has 0 aliphatic carbocycles. The molecule has 232 valence electrons. The topological polar surface area (TPSA) is 61.9 Å². The molecule has 2 saturated heterocycles. The number of nitrogens with zero attached hydrogens (tertiary/aromatic N) is 2. The Hall–Kier alpha value is -1.36. The van der Waals surface area contributed by atoms with Gasteiger partial charge in [0.1, 0.15) is 17.7 Å². The number of ether oxygens (including phenoxy) is 1. The Bertz CT molecular complexity index is 877. The summed E-state index contributed by atoms with van der Waals surface area (Å²) in [5.74, 6) is -0.0535. The van der Waals surface area contributed by atoms with Crippen molar-refractivity contribution in [1.29, 1.82) is 0 Å². The molecule has 41 heavy (non-hydrogen) atoms. The van der Waals surface area contributed by atoms with Crippen molar-refractivity contribution in [2.75, 3.05) is 44.2 Å². The second-order valence-electron chi connectivity index (χ2n) is 12.7. The maximum atomic E-state index is 13.1.